The lowest BCUT2D eigenvalue weighted by Crippen LogP contribution is -2.13. The number of alkyl halides is 3. The van der Waals surface area contributed by atoms with Crippen molar-refractivity contribution in [1.29, 1.82) is 0 Å². The molecule has 1 aromatic carbocycles. The van der Waals surface area contributed by atoms with Crippen molar-refractivity contribution in [2.24, 2.45) is 0 Å². The maximum atomic E-state index is 13.0. The Kier molecular flexibility index (Phi) is 4.19. The number of halogens is 3. The van der Waals surface area contributed by atoms with E-state index >= 15 is 0 Å². The summed E-state index contributed by atoms with van der Waals surface area (Å²) in [4.78, 5) is 17.1. The number of benzene rings is 1. The molecule has 0 amide bonds. The van der Waals surface area contributed by atoms with E-state index in [4.69, 9.17) is 0 Å². The Bertz CT molecular complexity index is 1060. The normalized spacial score (nSPS) is 14.0. The number of dihydropyridines is 1. The highest BCUT2D eigenvalue weighted by Gasteiger charge is 2.30. The van der Waals surface area contributed by atoms with Crippen LogP contribution in [0.15, 0.2) is 60.7 Å². The summed E-state index contributed by atoms with van der Waals surface area (Å²) in [5.41, 5.74) is 0.994. The van der Waals surface area contributed by atoms with Crippen LogP contribution in [0, 0.1) is 0 Å². The number of rotatable bonds is 3. The molecule has 0 radical (unpaired) electrons. The van der Waals surface area contributed by atoms with E-state index in [0.29, 0.717) is 23.5 Å². The Morgan fingerprint density at radius 2 is 1.93 bits per heavy atom. The zero-order valence-corrected chi connectivity index (χ0v) is 13.8. The first kappa shape index (κ1) is 17.0. The van der Waals surface area contributed by atoms with Crippen molar-refractivity contribution in [1.82, 2.24) is 25.3 Å². The van der Waals surface area contributed by atoms with Crippen molar-refractivity contribution >= 4 is 17.0 Å². The second-order valence-corrected chi connectivity index (χ2v) is 5.73. The predicted molar refractivity (Wildman–Crippen MR) is 94.4 cm³/mol. The lowest BCUT2D eigenvalue weighted by atomic mass is 10.1. The third-order valence-electron chi connectivity index (χ3n) is 3.86. The fraction of sp³-hybridized carbons (Fsp3) is 0.111. The van der Waals surface area contributed by atoms with Crippen LogP contribution in [0.4, 0.5) is 19.0 Å². The molecule has 6 nitrogen and oxygen atoms in total. The Hall–Kier alpha value is -3.49. The summed E-state index contributed by atoms with van der Waals surface area (Å²) >= 11 is 0. The number of fused-ring (bicyclic) bond motifs is 1. The zero-order chi connectivity index (χ0) is 18.9. The largest absolute Gasteiger partial charge is 0.416 e. The summed E-state index contributed by atoms with van der Waals surface area (Å²) in [6, 6.07) is 4.88. The second-order valence-electron chi connectivity index (χ2n) is 5.73. The maximum Gasteiger partial charge on any atom is 0.416 e. The Labute approximate surface area is 151 Å². The van der Waals surface area contributed by atoms with Gasteiger partial charge in [-0.05, 0) is 30.5 Å². The third kappa shape index (κ3) is 3.57. The molecule has 2 aromatic heterocycles. The molecular formula is C18H13F3N6. The topological polar surface area (TPSA) is 75.6 Å². The predicted octanol–water partition coefficient (Wildman–Crippen LogP) is 3.52. The highest BCUT2D eigenvalue weighted by Crippen LogP contribution is 2.32. The molecule has 0 aliphatic carbocycles. The molecule has 0 saturated carbocycles. The van der Waals surface area contributed by atoms with Crippen molar-refractivity contribution in [2.45, 2.75) is 6.18 Å². The number of nitrogens with one attached hydrogen (secondary N) is 2. The van der Waals surface area contributed by atoms with Gasteiger partial charge in [-0.3, -0.25) is 0 Å². The van der Waals surface area contributed by atoms with E-state index < -0.39 is 11.7 Å². The van der Waals surface area contributed by atoms with Crippen LogP contribution >= 0.6 is 0 Å². The van der Waals surface area contributed by atoms with Gasteiger partial charge in [0, 0.05) is 30.2 Å². The molecule has 0 fully saturated rings. The second kappa shape index (κ2) is 6.67. The van der Waals surface area contributed by atoms with Gasteiger partial charge < -0.3 is 10.6 Å². The minimum atomic E-state index is -4.45. The monoisotopic (exact) mass is 370 g/mol. The standard InChI is InChI=1S/C18H13F3N6/c19-18(20,21)12-3-1-2-11(10-12)15-26-16-14(23-8-9-24-16)17(27-15)25-13-4-6-22-7-5-13/h1-6,8-10,22H,7H2,(H,24,25,26,27). The molecular weight excluding hydrogens is 357 g/mol. The molecule has 1 aliphatic heterocycles. The average molecular weight is 370 g/mol. The summed E-state index contributed by atoms with van der Waals surface area (Å²) in [6.07, 6.45) is 4.04. The minimum absolute atomic E-state index is 0.134. The molecule has 9 heteroatoms. The SMILES string of the molecule is FC(F)(F)c1cccc(-c2nc(NC3=CCNC=C3)c3nccnc3n2)c1. The first-order valence-electron chi connectivity index (χ1n) is 8.04. The van der Waals surface area contributed by atoms with Crippen molar-refractivity contribution in [3.8, 4) is 11.4 Å². The zero-order valence-electron chi connectivity index (χ0n) is 13.8. The number of hydrogen-bond donors (Lipinski definition) is 2. The van der Waals surface area contributed by atoms with Crippen molar-refractivity contribution in [2.75, 3.05) is 11.9 Å². The van der Waals surface area contributed by atoms with Gasteiger partial charge in [0.2, 0.25) is 0 Å². The summed E-state index contributed by atoms with van der Waals surface area (Å²) in [5.74, 6) is 0.508. The summed E-state index contributed by atoms with van der Waals surface area (Å²) < 4.78 is 39.1. The Morgan fingerprint density at radius 1 is 1.07 bits per heavy atom. The first-order valence-corrected chi connectivity index (χ1v) is 8.04. The van der Waals surface area contributed by atoms with Crippen LogP contribution in [0.3, 0.4) is 0 Å². The van der Waals surface area contributed by atoms with Gasteiger partial charge in [0.1, 0.15) is 0 Å². The fourth-order valence-corrected chi connectivity index (χ4v) is 2.60. The van der Waals surface area contributed by atoms with E-state index in [-0.39, 0.29) is 11.4 Å². The van der Waals surface area contributed by atoms with Crippen LogP contribution in [-0.2, 0) is 6.18 Å². The molecule has 3 aromatic rings. The van der Waals surface area contributed by atoms with Crippen LogP contribution in [0.25, 0.3) is 22.6 Å². The Morgan fingerprint density at radius 3 is 2.70 bits per heavy atom. The summed E-state index contributed by atoms with van der Waals surface area (Å²) in [5, 5.41) is 6.17. The number of anilines is 1. The van der Waals surface area contributed by atoms with E-state index in [1.807, 2.05) is 12.2 Å². The van der Waals surface area contributed by atoms with Gasteiger partial charge in [-0.2, -0.15) is 13.2 Å². The molecule has 0 bridgehead atoms. The molecule has 3 heterocycles. The minimum Gasteiger partial charge on any atom is -0.387 e. The van der Waals surface area contributed by atoms with Gasteiger partial charge >= 0.3 is 6.18 Å². The van der Waals surface area contributed by atoms with Gasteiger partial charge in [0.25, 0.3) is 0 Å². The van der Waals surface area contributed by atoms with Gasteiger partial charge in [0.15, 0.2) is 22.8 Å². The number of allylic oxidation sites excluding steroid dienone is 1. The molecule has 27 heavy (non-hydrogen) atoms. The van der Waals surface area contributed by atoms with Gasteiger partial charge in [-0.15, -0.1) is 0 Å². The summed E-state index contributed by atoms with van der Waals surface area (Å²) in [7, 11) is 0. The third-order valence-corrected chi connectivity index (χ3v) is 3.86. The van der Waals surface area contributed by atoms with E-state index in [1.165, 1.54) is 24.5 Å². The molecule has 2 N–H and O–H groups in total. The van der Waals surface area contributed by atoms with Crippen LogP contribution in [0.2, 0.25) is 0 Å². The van der Waals surface area contributed by atoms with Crippen molar-refractivity contribution in [3.05, 3.63) is 66.3 Å². The molecule has 0 saturated heterocycles. The Balaban J connectivity index is 1.82. The first-order chi connectivity index (χ1) is 13.0. The van der Waals surface area contributed by atoms with E-state index in [0.717, 1.165) is 17.8 Å². The van der Waals surface area contributed by atoms with Gasteiger partial charge in [-0.25, -0.2) is 19.9 Å². The molecule has 1 aliphatic rings. The van der Waals surface area contributed by atoms with Crippen molar-refractivity contribution < 1.29 is 13.2 Å². The van der Waals surface area contributed by atoms with Crippen LogP contribution in [0.5, 0.6) is 0 Å². The lowest BCUT2D eigenvalue weighted by molar-refractivity contribution is -0.137. The van der Waals surface area contributed by atoms with Gasteiger partial charge in [-0.1, -0.05) is 12.1 Å². The number of aromatic nitrogens is 4. The summed E-state index contributed by atoms with van der Waals surface area (Å²) in [6.45, 7) is 0.647. The quantitative estimate of drug-likeness (QED) is 0.735. The van der Waals surface area contributed by atoms with Crippen LogP contribution < -0.4 is 10.6 Å². The molecule has 136 valence electrons. The van der Waals surface area contributed by atoms with Crippen molar-refractivity contribution in [3.63, 3.8) is 0 Å². The highest BCUT2D eigenvalue weighted by molar-refractivity contribution is 5.85. The fourth-order valence-electron chi connectivity index (χ4n) is 2.60. The smallest absolute Gasteiger partial charge is 0.387 e. The molecule has 4 rings (SSSR count). The van der Waals surface area contributed by atoms with Crippen LogP contribution in [-0.4, -0.2) is 26.5 Å². The van der Waals surface area contributed by atoms with Crippen LogP contribution in [0.1, 0.15) is 5.56 Å². The van der Waals surface area contributed by atoms with Gasteiger partial charge in [0.05, 0.1) is 5.56 Å². The van der Waals surface area contributed by atoms with E-state index in [1.54, 1.807) is 6.20 Å². The molecule has 0 spiro atoms. The highest BCUT2D eigenvalue weighted by atomic mass is 19.4. The molecule has 0 atom stereocenters. The number of nitrogens with zero attached hydrogens (tertiary/aromatic N) is 4. The maximum absolute atomic E-state index is 13.0. The van der Waals surface area contributed by atoms with E-state index in [2.05, 4.69) is 30.6 Å². The average Bonchev–Trinajstić information content (AvgIpc) is 2.68. The van der Waals surface area contributed by atoms with E-state index in [9.17, 15) is 13.2 Å². The molecule has 0 unspecified atom stereocenters. The lowest BCUT2D eigenvalue weighted by Gasteiger charge is -2.13. The number of hydrogen-bond acceptors (Lipinski definition) is 6.